The van der Waals surface area contributed by atoms with Gasteiger partial charge in [-0.25, -0.2) is 9.97 Å². The van der Waals surface area contributed by atoms with Crippen molar-refractivity contribution in [3.8, 4) is 0 Å². The number of aromatic amines is 1. The second-order valence-corrected chi connectivity index (χ2v) is 4.89. The molecule has 7 heteroatoms. The fourth-order valence-electron chi connectivity index (χ4n) is 2.19. The minimum Gasteiger partial charge on any atom is -0.370 e. The zero-order valence-corrected chi connectivity index (χ0v) is 11.8. The molecule has 0 aliphatic carbocycles. The molecule has 0 aliphatic heterocycles. The van der Waals surface area contributed by atoms with E-state index >= 15 is 0 Å². The number of rotatable bonds is 6. The summed E-state index contributed by atoms with van der Waals surface area (Å²) in [7, 11) is 0. The highest BCUT2D eigenvalue weighted by Crippen LogP contribution is 2.13. The van der Waals surface area contributed by atoms with Crippen LogP contribution in [0.5, 0.6) is 0 Å². The van der Waals surface area contributed by atoms with Gasteiger partial charge in [0.15, 0.2) is 0 Å². The second kappa shape index (κ2) is 6.21. The topological polar surface area (TPSA) is 96.7 Å². The van der Waals surface area contributed by atoms with E-state index in [1.54, 1.807) is 6.07 Å². The molecule has 7 nitrogen and oxygen atoms in total. The maximum atomic E-state index is 10.5. The Bertz CT molecular complexity index is 749. The molecule has 22 heavy (non-hydrogen) atoms. The molecule has 2 heterocycles. The van der Waals surface area contributed by atoms with Crippen molar-refractivity contribution in [3.05, 3.63) is 58.5 Å². The Morgan fingerprint density at radius 3 is 2.82 bits per heavy atom. The largest absolute Gasteiger partial charge is 0.370 e. The summed E-state index contributed by atoms with van der Waals surface area (Å²) in [5.41, 5.74) is 2.01. The summed E-state index contributed by atoms with van der Waals surface area (Å²) in [4.78, 5) is 21.9. The van der Waals surface area contributed by atoms with Gasteiger partial charge in [-0.2, -0.15) is 0 Å². The fourth-order valence-corrected chi connectivity index (χ4v) is 2.19. The zero-order chi connectivity index (χ0) is 15.4. The normalized spacial score (nSPS) is 10.7. The highest BCUT2D eigenvalue weighted by Gasteiger charge is 2.05. The molecular formula is C15H15N5O2. The number of nitro groups is 1. The molecule has 0 radical (unpaired) electrons. The number of para-hydroxylation sites is 2. The number of hydrogen-bond acceptors (Lipinski definition) is 5. The van der Waals surface area contributed by atoms with Gasteiger partial charge in [0.05, 0.1) is 16.0 Å². The van der Waals surface area contributed by atoms with Crippen LogP contribution in [-0.2, 0) is 6.42 Å². The van der Waals surface area contributed by atoms with E-state index in [1.165, 1.54) is 12.3 Å². The van der Waals surface area contributed by atoms with Crippen LogP contribution in [0.25, 0.3) is 11.0 Å². The number of nitrogens with zero attached hydrogens (tertiary/aromatic N) is 3. The molecule has 2 N–H and O–H groups in total. The van der Waals surface area contributed by atoms with Crippen molar-refractivity contribution < 1.29 is 4.92 Å². The van der Waals surface area contributed by atoms with Crippen LogP contribution in [0, 0.1) is 10.1 Å². The van der Waals surface area contributed by atoms with Crippen molar-refractivity contribution in [1.29, 1.82) is 0 Å². The van der Waals surface area contributed by atoms with Crippen molar-refractivity contribution in [2.45, 2.75) is 12.8 Å². The number of pyridine rings is 1. The number of fused-ring (bicyclic) bond motifs is 1. The highest BCUT2D eigenvalue weighted by atomic mass is 16.6. The van der Waals surface area contributed by atoms with Crippen molar-refractivity contribution in [2.24, 2.45) is 0 Å². The number of aromatic nitrogens is 3. The van der Waals surface area contributed by atoms with E-state index in [4.69, 9.17) is 0 Å². The number of benzene rings is 1. The molecule has 1 aromatic carbocycles. The number of nitrogens with one attached hydrogen (secondary N) is 2. The van der Waals surface area contributed by atoms with Crippen LogP contribution in [0.15, 0.2) is 42.6 Å². The van der Waals surface area contributed by atoms with Crippen LogP contribution >= 0.6 is 0 Å². The minimum atomic E-state index is -0.460. The van der Waals surface area contributed by atoms with Crippen LogP contribution in [0.2, 0.25) is 0 Å². The van der Waals surface area contributed by atoms with Gasteiger partial charge in [0, 0.05) is 19.0 Å². The number of hydrogen-bond donors (Lipinski definition) is 2. The van der Waals surface area contributed by atoms with Gasteiger partial charge in [-0.05, 0) is 24.6 Å². The molecule has 0 spiro atoms. The number of imidazole rings is 1. The van der Waals surface area contributed by atoms with E-state index in [-0.39, 0.29) is 5.69 Å². The van der Waals surface area contributed by atoms with Crippen LogP contribution in [0.3, 0.4) is 0 Å². The van der Waals surface area contributed by atoms with E-state index in [0.29, 0.717) is 5.82 Å². The summed E-state index contributed by atoms with van der Waals surface area (Å²) in [5.74, 6) is 1.59. The lowest BCUT2D eigenvalue weighted by molar-refractivity contribution is -0.385. The van der Waals surface area contributed by atoms with Gasteiger partial charge in [0.25, 0.3) is 5.69 Å². The molecule has 3 rings (SSSR count). The lowest BCUT2D eigenvalue weighted by atomic mass is 10.3. The quantitative estimate of drug-likeness (QED) is 0.414. The summed E-state index contributed by atoms with van der Waals surface area (Å²) in [6, 6.07) is 11.0. The fraction of sp³-hybridized carbons (Fsp3) is 0.200. The standard InChI is InChI=1S/C15H15N5O2/c21-20(22)11-7-8-14(17-10-11)16-9-3-6-15-18-12-4-1-2-5-13(12)19-15/h1-2,4-5,7-8,10H,3,6,9H2,(H,16,17)(H,18,19). The van der Waals surface area contributed by atoms with Crippen LogP contribution < -0.4 is 5.32 Å². The lowest BCUT2D eigenvalue weighted by Gasteiger charge is -2.03. The predicted octanol–water partition coefficient (Wildman–Crippen LogP) is 2.91. The first kappa shape index (κ1) is 14.0. The molecule has 3 aromatic rings. The Kier molecular flexibility index (Phi) is 3.95. The molecule has 0 saturated carbocycles. The van der Waals surface area contributed by atoms with E-state index in [9.17, 15) is 10.1 Å². The van der Waals surface area contributed by atoms with Gasteiger partial charge in [-0.15, -0.1) is 0 Å². The van der Waals surface area contributed by atoms with Crippen molar-refractivity contribution in [3.63, 3.8) is 0 Å². The molecule has 0 amide bonds. The average Bonchev–Trinajstić information content (AvgIpc) is 2.95. The Morgan fingerprint density at radius 1 is 1.23 bits per heavy atom. The average molecular weight is 297 g/mol. The SMILES string of the molecule is O=[N+]([O-])c1ccc(NCCCc2nc3ccccc3[nH]2)nc1. The molecule has 0 saturated heterocycles. The van der Waals surface area contributed by atoms with E-state index < -0.39 is 4.92 Å². The zero-order valence-electron chi connectivity index (χ0n) is 11.8. The molecular weight excluding hydrogens is 282 g/mol. The van der Waals surface area contributed by atoms with Gasteiger partial charge in [-0.1, -0.05) is 12.1 Å². The van der Waals surface area contributed by atoms with Gasteiger partial charge in [-0.3, -0.25) is 10.1 Å². The van der Waals surface area contributed by atoms with Crippen molar-refractivity contribution in [1.82, 2.24) is 15.0 Å². The molecule has 0 bridgehead atoms. The number of anilines is 1. The molecule has 2 aromatic heterocycles. The lowest BCUT2D eigenvalue weighted by Crippen LogP contribution is -2.05. The Labute approximate surface area is 126 Å². The van der Waals surface area contributed by atoms with E-state index in [1.807, 2.05) is 24.3 Å². The third-order valence-corrected chi connectivity index (χ3v) is 3.29. The van der Waals surface area contributed by atoms with E-state index in [0.717, 1.165) is 36.2 Å². The van der Waals surface area contributed by atoms with Gasteiger partial charge in [0.2, 0.25) is 0 Å². The molecule has 0 aliphatic rings. The smallest absolute Gasteiger partial charge is 0.287 e. The molecule has 0 fully saturated rings. The van der Waals surface area contributed by atoms with Gasteiger partial charge >= 0.3 is 0 Å². The summed E-state index contributed by atoms with van der Waals surface area (Å²) < 4.78 is 0. The van der Waals surface area contributed by atoms with Crippen LogP contribution in [-0.4, -0.2) is 26.4 Å². The third-order valence-electron chi connectivity index (χ3n) is 3.29. The van der Waals surface area contributed by atoms with E-state index in [2.05, 4.69) is 20.3 Å². The maximum absolute atomic E-state index is 10.5. The van der Waals surface area contributed by atoms with Crippen molar-refractivity contribution in [2.75, 3.05) is 11.9 Å². The summed E-state index contributed by atoms with van der Waals surface area (Å²) in [5, 5.41) is 13.7. The number of H-pyrrole nitrogens is 1. The monoisotopic (exact) mass is 297 g/mol. The first-order valence-electron chi connectivity index (χ1n) is 7.00. The van der Waals surface area contributed by atoms with Crippen LogP contribution in [0.4, 0.5) is 11.5 Å². The molecule has 0 unspecified atom stereocenters. The highest BCUT2D eigenvalue weighted by molar-refractivity contribution is 5.74. The summed E-state index contributed by atoms with van der Waals surface area (Å²) in [6.07, 6.45) is 2.97. The Hall–Kier alpha value is -2.96. The number of aryl methyl sites for hydroxylation is 1. The molecule has 112 valence electrons. The minimum absolute atomic E-state index is 0.00664. The predicted molar refractivity (Wildman–Crippen MR) is 83.8 cm³/mol. The van der Waals surface area contributed by atoms with Gasteiger partial charge in [0.1, 0.15) is 17.8 Å². The maximum Gasteiger partial charge on any atom is 0.287 e. The summed E-state index contributed by atoms with van der Waals surface area (Å²) in [6.45, 7) is 0.724. The molecule has 0 atom stereocenters. The first-order valence-corrected chi connectivity index (χ1v) is 7.00. The van der Waals surface area contributed by atoms with Gasteiger partial charge < -0.3 is 10.3 Å². The summed E-state index contributed by atoms with van der Waals surface area (Å²) >= 11 is 0. The van der Waals surface area contributed by atoms with Crippen LogP contribution in [0.1, 0.15) is 12.2 Å². The third kappa shape index (κ3) is 3.20. The Morgan fingerprint density at radius 2 is 2.09 bits per heavy atom. The first-order chi connectivity index (χ1) is 10.7. The Balaban J connectivity index is 1.49. The van der Waals surface area contributed by atoms with Crippen molar-refractivity contribution >= 4 is 22.5 Å². The second-order valence-electron chi connectivity index (χ2n) is 4.89.